The lowest BCUT2D eigenvalue weighted by Gasteiger charge is -2.11. The minimum Gasteiger partial charge on any atom is -0.481 e. The minimum absolute atomic E-state index is 0.0102. The van der Waals surface area contributed by atoms with Gasteiger partial charge in [0.15, 0.2) is 0 Å². The van der Waals surface area contributed by atoms with Gasteiger partial charge in [-0.15, -0.1) is 0 Å². The first-order valence-electron chi connectivity index (χ1n) is 14.8. The van der Waals surface area contributed by atoms with Crippen LogP contribution in [0.2, 0.25) is 0 Å². The van der Waals surface area contributed by atoms with Crippen molar-refractivity contribution in [3.63, 3.8) is 0 Å². The third-order valence-corrected chi connectivity index (χ3v) is 8.86. The highest BCUT2D eigenvalue weighted by molar-refractivity contribution is 6.23. The molecule has 10 nitrogen and oxygen atoms in total. The molecule has 228 valence electrons. The van der Waals surface area contributed by atoms with Gasteiger partial charge in [0.1, 0.15) is 11.4 Å². The summed E-state index contributed by atoms with van der Waals surface area (Å²) >= 11 is 0. The number of carbonyl (C=O) groups is 4. The number of carbonyl (C=O) groups excluding carboxylic acids is 2. The van der Waals surface area contributed by atoms with Gasteiger partial charge < -0.3 is 20.5 Å². The molecule has 4 rings (SSSR count). The van der Waals surface area contributed by atoms with Crippen molar-refractivity contribution in [2.75, 3.05) is 0 Å². The number of hydrogen-bond acceptors (Lipinski definition) is 4. The maximum Gasteiger partial charge on any atom is 0.303 e. The number of quaternary nitrogens is 1. The lowest BCUT2D eigenvalue weighted by Crippen LogP contribution is -2.77. The number of aromatic nitrogens is 1. The molecular weight excluding hydrogens is 548 g/mol. The van der Waals surface area contributed by atoms with Crippen LogP contribution in [0.15, 0.2) is 50.5 Å². The molecule has 0 saturated carbocycles. The summed E-state index contributed by atoms with van der Waals surface area (Å²) < 4.78 is 0. The number of aliphatic carboxylic acids is 2. The molecule has 0 aromatic carbocycles. The molecule has 3 aliphatic heterocycles. The molecule has 1 aromatic heterocycles. The van der Waals surface area contributed by atoms with Crippen LogP contribution in [0, 0.1) is 18.8 Å². The average molecular weight is 590 g/mol. The SMILES string of the molecule is CCC1=C(C)C(C=C2[NH2+]C(=Cc3[nH]c(/C=C4\NC(=O)[C@H](C)[C@H]4CC)c(C)c3CCC(=O)O)C(CCC(=O)O)=C2C)=NC1=O. The molecule has 4 heterocycles. The van der Waals surface area contributed by atoms with E-state index < -0.39 is 11.9 Å². The van der Waals surface area contributed by atoms with E-state index in [0.29, 0.717) is 30.5 Å². The lowest BCUT2D eigenvalue weighted by molar-refractivity contribution is -0.539. The fourth-order valence-corrected chi connectivity index (χ4v) is 6.20. The van der Waals surface area contributed by atoms with E-state index in [2.05, 4.69) is 15.3 Å². The number of carboxylic acids is 2. The highest BCUT2D eigenvalue weighted by atomic mass is 16.4. The van der Waals surface area contributed by atoms with E-state index in [9.17, 15) is 29.4 Å². The number of amides is 2. The molecule has 0 radical (unpaired) electrons. The maximum atomic E-state index is 12.4. The summed E-state index contributed by atoms with van der Waals surface area (Å²) in [5.41, 5.74) is 9.72. The van der Waals surface area contributed by atoms with Crippen LogP contribution in [0.5, 0.6) is 0 Å². The Labute approximate surface area is 251 Å². The van der Waals surface area contributed by atoms with Crippen LogP contribution >= 0.6 is 0 Å². The number of carboxylic acid groups (broad SMARTS) is 2. The zero-order chi connectivity index (χ0) is 31.6. The molecule has 0 unspecified atom stereocenters. The Balaban J connectivity index is 1.80. The largest absolute Gasteiger partial charge is 0.481 e. The third-order valence-electron chi connectivity index (χ3n) is 8.86. The summed E-state index contributed by atoms with van der Waals surface area (Å²) in [5, 5.41) is 23.9. The highest BCUT2D eigenvalue weighted by Gasteiger charge is 2.34. The number of aliphatic imine (C=N–C) groups is 1. The summed E-state index contributed by atoms with van der Waals surface area (Å²) in [6.45, 7) is 11.7. The Hall–Kier alpha value is -4.31. The fraction of sp³-hybridized carbons (Fsp3) is 0.424. The number of allylic oxidation sites excluding steroid dienone is 5. The number of aromatic amines is 1. The Morgan fingerprint density at radius 3 is 2.19 bits per heavy atom. The van der Waals surface area contributed by atoms with Crippen LogP contribution in [0.4, 0.5) is 0 Å². The van der Waals surface area contributed by atoms with E-state index in [-0.39, 0.29) is 36.5 Å². The van der Waals surface area contributed by atoms with E-state index in [1.54, 1.807) is 0 Å². The summed E-state index contributed by atoms with van der Waals surface area (Å²) in [4.78, 5) is 55.5. The molecule has 0 spiro atoms. The van der Waals surface area contributed by atoms with Crippen molar-refractivity contribution >= 4 is 41.6 Å². The average Bonchev–Trinajstić information content (AvgIpc) is 3.59. The van der Waals surface area contributed by atoms with Crippen molar-refractivity contribution < 1.29 is 34.7 Å². The first-order valence-corrected chi connectivity index (χ1v) is 14.8. The van der Waals surface area contributed by atoms with E-state index in [4.69, 9.17) is 0 Å². The van der Waals surface area contributed by atoms with Crippen molar-refractivity contribution in [1.82, 2.24) is 10.3 Å². The van der Waals surface area contributed by atoms with Crippen LogP contribution in [0.3, 0.4) is 0 Å². The smallest absolute Gasteiger partial charge is 0.303 e. The van der Waals surface area contributed by atoms with Crippen LogP contribution < -0.4 is 10.6 Å². The van der Waals surface area contributed by atoms with Crippen LogP contribution in [0.1, 0.15) is 89.2 Å². The summed E-state index contributed by atoms with van der Waals surface area (Å²) in [6.07, 6.45) is 7.69. The molecular formula is C33H41N4O6+. The third kappa shape index (κ3) is 6.54. The number of hydrogen-bond donors (Lipinski definition) is 5. The summed E-state index contributed by atoms with van der Waals surface area (Å²) in [5.74, 6) is -2.10. The van der Waals surface area contributed by atoms with Gasteiger partial charge in [0.25, 0.3) is 5.91 Å². The van der Waals surface area contributed by atoms with Crippen molar-refractivity contribution in [3.05, 3.63) is 68.0 Å². The summed E-state index contributed by atoms with van der Waals surface area (Å²) in [6, 6.07) is 0. The van der Waals surface area contributed by atoms with Gasteiger partial charge in [0, 0.05) is 70.6 Å². The van der Waals surface area contributed by atoms with Crippen molar-refractivity contribution in [1.29, 1.82) is 0 Å². The highest BCUT2D eigenvalue weighted by Crippen LogP contribution is 2.33. The second kappa shape index (κ2) is 12.9. The molecule has 2 atom stereocenters. The molecule has 10 heteroatoms. The topological polar surface area (TPSA) is 166 Å². The number of nitrogens with zero attached hydrogens (tertiary/aromatic N) is 1. The van der Waals surface area contributed by atoms with Gasteiger partial charge >= 0.3 is 11.9 Å². The Morgan fingerprint density at radius 2 is 1.58 bits per heavy atom. The predicted octanol–water partition coefficient (Wildman–Crippen LogP) is 4.16. The molecule has 1 fully saturated rings. The molecule has 0 aliphatic carbocycles. The second-order valence-corrected chi connectivity index (χ2v) is 11.4. The molecule has 1 saturated heterocycles. The minimum atomic E-state index is -0.903. The zero-order valence-electron chi connectivity index (χ0n) is 25.7. The summed E-state index contributed by atoms with van der Waals surface area (Å²) in [7, 11) is 0. The second-order valence-electron chi connectivity index (χ2n) is 11.4. The molecule has 0 bridgehead atoms. The normalized spacial score (nSPS) is 23.4. The Morgan fingerprint density at radius 1 is 0.907 bits per heavy atom. The number of rotatable bonds is 11. The monoisotopic (exact) mass is 589 g/mol. The Bertz CT molecular complexity index is 1580. The maximum absolute atomic E-state index is 12.4. The van der Waals surface area contributed by atoms with Gasteiger partial charge in [-0.2, -0.15) is 0 Å². The fourth-order valence-electron chi connectivity index (χ4n) is 6.20. The van der Waals surface area contributed by atoms with Crippen molar-refractivity contribution in [3.8, 4) is 0 Å². The number of H-pyrrole nitrogens is 1. The van der Waals surface area contributed by atoms with Gasteiger partial charge in [-0.3, -0.25) is 24.5 Å². The molecule has 43 heavy (non-hydrogen) atoms. The van der Waals surface area contributed by atoms with Gasteiger partial charge in [0.05, 0.1) is 5.71 Å². The van der Waals surface area contributed by atoms with Crippen LogP contribution in [-0.2, 0) is 25.6 Å². The first-order chi connectivity index (χ1) is 20.4. The van der Waals surface area contributed by atoms with Gasteiger partial charge in [-0.1, -0.05) is 20.8 Å². The number of nitrogens with two attached hydrogens (primary N) is 1. The Kier molecular flexibility index (Phi) is 9.49. The van der Waals surface area contributed by atoms with E-state index in [1.165, 1.54) is 0 Å². The van der Waals surface area contributed by atoms with Crippen molar-refractivity contribution in [2.45, 2.75) is 80.1 Å². The van der Waals surface area contributed by atoms with E-state index in [1.807, 2.05) is 65.1 Å². The number of nitrogens with one attached hydrogen (secondary N) is 2. The van der Waals surface area contributed by atoms with Crippen molar-refractivity contribution in [2.24, 2.45) is 16.8 Å². The van der Waals surface area contributed by atoms with Crippen LogP contribution in [-0.4, -0.2) is 44.7 Å². The van der Waals surface area contributed by atoms with E-state index >= 15 is 0 Å². The first kappa shape index (κ1) is 31.6. The standard InChI is InChI=1S/C33H40N4O6/c1-7-20-19(6)32(42)37-27(20)14-25-18(5)23(10-12-31(40)41)29(35-25)15-28-22(9-11-30(38)39)17(4)24(34-28)13-26-16(3)21(8-2)33(43)36-26/h13-15,19-20,34-35H,7-12H2,1-6H3,(H,37,42)(H,38,39)(H,40,41)/p+1/b24-13?,27-14-,28-15?/t19-,20-/m1/s1. The molecule has 6 N–H and O–H groups in total. The van der Waals surface area contributed by atoms with Crippen LogP contribution in [0.25, 0.3) is 12.2 Å². The van der Waals surface area contributed by atoms with Gasteiger partial charge in [-0.05, 0) is 69.2 Å². The molecule has 1 aromatic rings. The molecule has 2 amide bonds. The predicted molar refractivity (Wildman–Crippen MR) is 164 cm³/mol. The lowest BCUT2D eigenvalue weighted by atomic mass is 9.92. The van der Waals surface area contributed by atoms with Gasteiger partial charge in [0.2, 0.25) is 5.91 Å². The van der Waals surface area contributed by atoms with Gasteiger partial charge in [-0.25, -0.2) is 4.99 Å². The zero-order valence-corrected chi connectivity index (χ0v) is 25.7. The quantitative estimate of drug-likeness (QED) is 0.260. The van der Waals surface area contributed by atoms with E-state index in [0.717, 1.165) is 62.7 Å². The molecule has 3 aliphatic rings.